The molecule has 0 heterocycles. The predicted octanol–water partition coefficient (Wildman–Crippen LogP) is 0.819. The van der Waals surface area contributed by atoms with Crippen LogP contribution in [0.2, 0.25) is 0 Å². The third-order valence-corrected chi connectivity index (χ3v) is 2.21. The van der Waals surface area contributed by atoms with Crippen LogP contribution in [0.3, 0.4) is 0 Å². The van der Waals surface area contributed by atoms with E-state index >= 15 is 0 Å². The number of carbonyl (C=O) groups excluding carboxylic acids is 2. The number of methoxy groups -OCH3 is 2. The number of nitrogens with zero attached hydrogens (tertiary/aromatic N) is 1. The number of rotatable bonds is 3. The van der Waals surface area contributed by atoms with Gasteiger partial charge in [0.25, 0.3) is 0 Å². The summed E-state index contributed by atoms with van der Waals surface area (Å²) < 4.78 is 9.00. The van der Waals surface area contributed by atoms with Crippen molar-refractivity contribution >= 4 is 12.2 Å². The van der Waals surface area contributed by atoms with Gasteiger partial charge in [-0.05, 0) is 13.8 Å². The Morgan fingerprint density at radius 1 is 1.27 bits per heavy atom. The molecule has 88 valence electrons. The second-order valence-electron chi connectivity index (χ2n) is 3.69. The average molecular weight is 218 g/mol. The van der Waals surface area contributed by atoms with Crippen molar-refractivity contribution in [3.05, 3.63) is 0 Å². The smallest absolute Gasteiger partial charge is 0.409 e. The Bertz CT molecular complexity index is 240. The molecule has 0 spiro atoms. The number of ether oxygens (including phenoxy) is 2. The minimum absolute atomic E-state index is 0.283. The van der Waals surface area contributed by atoms with Crippen LogP contribution >= 0.6 is 0 Å². The first-order valence-corrected chi connectivity index (χ1v) is 4.48. The van der Waals surface area contributed by atoms with E-state index in [1.165, 1.54) is 19.1 Å². The van der Waals surface area contributed by atoms with Crippen LogP contribution in [0.4, 0.5) is 9.59 Å². The summed E-state index contributed by atoms with van der Waals surface area (Å²) in [5.74, 6) is 0. The lowest BCUT2D eigenvalue weighted by Crippen LogP contribution is -2.52. The van der Waals surface area contributed by atoms with Crippen molar-refractivity contribution < 1.29 is 19.1 Å². The van der Waals surface area contributed by atoms with Crippen molar-refractivity contribution in [1.82, 2.24) is 10.2 Å². The summed E-state index contributed by atoms with van der Waals surface area (Å²) in [5.41, 5.74) is -0.540. The van der Waals surface area contributed by atoms with Crippen LogP contribution in [0.5, 0.6) is 0 Å². The maximum Gasteiger partial charge on any atom is 0.409 e. The van der Waals surface area contributed by atoms with Gasteiger partial charge in [-0.2, -0.15) is 0 Å². The van der Waals surface area contributed by atoms with Crippen LogP contribution in [0.1, 0.15) is 13.8 Å². The molecule has 6 nitrogen and oxygen atoms in total. The summed E-state index contributed by atoms with van der Waals surface area (Å²) in [5, 5.41) is 2.52. The minimum Gasteiger partial charge on any atom is -0.453 e. The standard InChI is InChI=1S/C9H18N2O4/c1-9(2,6-10-7(12)14-4)11(3)8(13)15-5/h6H2,1-5H3,(H,10,12). The second-order valence-corrected chi connectivity index (χ2v) is 3.69. The molecule has 0 unspecified atom stereocenters. The Kier molecular flexibility index (Phi) is 4.90. The largest absolute Gasteiger partial charge is 0.453 e. The molecular weight excluding hydrogens is 200 g/mol. The number of alkyl carbamates (subject to hydrolysis) is 1. The molecule has 0 aromatic heterocycles. The van der Waals surface area contributed by atoms with E-state index in [0.717, 1.165) is 0 Å². The molecular formula is C9H18N2O4. The van der Waals surface area contributed by atoms with Gasteiger partial charge in [-0.25, -0.2) is 9.59 Å². The fourth-order valence-corrected chi connectivity index (χ4v) is 0.863. The Balaban J connectivity index is 4.28. The molecule has 15 heavy (non-hydrogen) atoms. The zero-order valence-electron chi connectivity index (χ0n) is 9.79. The average Bonchev–Trinajstić information content (AvgIpc) is 2.23. The zero-order chi connectivity index (χ0) is 12.1. The minimum atomic E-state index is -0.540. The molecule has 0 radical (unpaired) electrons. The highest BCUT2D eigenvalue weighted by Crippen LogP contribution is 2.11. The van der Waals surface area contributed by atoms with E-state index in [1.807, 2.05) is 0 Å². The summed E-state index contributed by atoms with van der Waals surface area (Å²) in [6.07, 6.45) is -0.979. The van der Waals surface area contributed by atoms with E-state index < -0.39 is 17.7 Å². The van der Waals surface area contributed by atoms with E-state index in [1.54, 1.807) is 20.9 Å². The molecule has 0 bridgehead atoms. The fourth-order valence-electron chi connectivity index (χ4n) is 0.863. The first kappa shape index (κ1) is 13.5. The maximum absolute atomic E-state index is 11.2. The van der Waals surface area contributed by atoms with Gasteiger partial charge in [0.1, 0.15) is 0 Å². The van der Waals surface area contributed by atoms with Gasteiger partial charge in [0.15, 0.2) is 0 Å². The van der Waals surface area contributed by atoms with Crippen LogP contribution in [0.25, 0.3) is 0 Å². The summed E-state index contributed by atoms with van der Waals surface area (Å²) >= 11 is 0. The number of carbonyl (C=O) groups is 2. The first-order valence-electron chi connectivity index (χ1n) is 4.48. The topological polar surface area (TPSA) is 67.9 Å². The quantitative estimate of drug-likeness (QED) is 0.761. The molecule has 0 rings (SSSR count). The Labute approximate surface area is 89.5 Å². The number of hydrogen-bond donors (Lipinski definition) is 1. The van der Waals surface area contributed by atoms with Gasteiger partial charge in [-0.1, -0.05) is 0 Å². The van der Waals surface area contributed by atoms with E-state index in [0.29, 0.717) is 0 Å². The third kappa shape index (κ3) is 4.05. The Morgan fingerprint density at radius 2 is 1.80 bits per heavy atom. The van der Waals surface area contributed by atoms with Gasteiger partial charge in [-0.3, -0.25) is 0 Å². The highest BCUT2D eigenvalue weighted by molar-refractivity contribution is 5.69. The van der Waals surface area contributed by atoms with Gasteiger partial charge < -0.3 is 19.7 Å². The van der Waals surface area contributed by atoms with Crippen molar-refractivity contribution in [2.24, 2.45) is 0 Å². The van der Waals surface area contributed by atoms with Crippen molar-refractivity contribution in [3.8, 4) is 0 Å². The van der Waals surface area contributed by atoms with E-state index in [-0.39, 0.29) is 6.54 Å². The molecule has 6 heteroatoms. The van der Waals surface area contributed by atoms with Crippen molar-refractivity contribution in [2.75, 3.05) is 27.8 Å². The molecule has 0 saturated heterocycles. The SMILES string of the molecule is COC(=O)NCC(C)(C)N(C)C(=O)OC. The van der Waals surface area contributed by atoms with Crippen molar-refractivity contribution in [1.29, 1.82) is 0 Å². The zero-order valence-corrected chi connectivity index (χ0v) is 9.79. The third-order valence-electron chi connectivity index (χ3n) is 2.21. The van der Waals surface area contributed by atoms with E-state index in [2.05, 4.69) is 14.8 Å². The molecule has 0 atom stereocenters. The van der Waals surface area contributed by atoms with Crippen LogP contribution in [-0.2, 0) is 9.47 Å². The number of nitrogens with one attached hydrogen (secondary N) is 1. The van der Waals surface area contributed by atoms with Gasteiger partial charge >= 0.3 is 12.2 Å². The van der Waals surface area contributed by atoms with E-state index in [4.69, 9.17) is 0 Å². The summed E-state index contributed by atoms with van der Waals surface area (Å²) in [6, 6.07) is 0. The highest BCUT2D eigenvalue weighted by atomic mass is 16.5. The lowest BCUT2D eigenvalue weighted by Gasteiger charge is -2.34. The van der Waals surface area contributed by atoms with Crippen LogP contribution in [0, 0.1) is 0 Å². The second kappa shape index (κ2) is 5.43. The van der Waals surface area contributed by atoms with Gasteiger partial charge in [0.05, 0.1) is 19.8 Å². The normalized spacial score (nSPS) is 10.5. The Morgan fingerprint density at radius 3 is 2.20 bits per heavy atom. The summed E-state index contributed by atoms with van der Waals surface area (Å²) in [6.45, 7) is 3.89. The molecule has 1 N–H and O–H groups in total. The number of likely N-dealkylation sites (N-methyl/N-ethyl adjacent to an activating group) is 1. The number of amides is 2. The molecule has 0 aliphatic heterocycles. The van der Waals surface area contributed by atoms with E-state index in [9.17, 15) is 9.59 Å². The Hall–Kier alpha value is -1.46. The molecule has 0 saturated carbocycles. The summed E-state index contributed by atoms with van der Waals surface area (Å²) in [7, 11) is 4.19. The first-order chi connectivity index (χ1) is 6.85. The van der Waals surface area contributed by atoms with Gasteiger partial charge in [0, 0.05) is 13.6 Å². The van der Waals surface area contributed by atoms with Crippen molar-refractivity contribution in [3.63, 3.8) is 0 Å². The molecule has 0 aliphatic carbocycles. The lowest BCUT2D eigenvalue weighted by molar-refractivity contribution is 0.0903. The fraction of sp³-hybridized carbons (Fsp3) is 0.778. The monoisotopic (exact) mass is 218 g/mol. The summed E-state index contributed by atoms with van der Waals surface area (Å²) in [4.78, 5) is 23.5. The molecule has 0 aromatic carbocycles. The van der Waals surface area contributed by atoms with Crippen LogP contribution in [0.15, 0.2) is 0 Å². The highest BCUT2D eigenvalue weighted by Gasteiger charge is 2.28. The van der Waals surface area contributed by atoms with Crippen LogP contribution < -0.4 is 5.32 Å². The lowest BCUT2D eigenvalue weighted by atomic mass is 10.0. The molecule has 0 aliphatic rings. The van der Waals surface area contributed by atoms with Crippen molar-refractivity contribution in [2.45, 2.75) is 19.4 Å². The van der Waals surface area contributed by atoms with Gasteiger partial charge in [0.2, 0.25) is 0 Å². The predicted molar refractivity (Wildman–Crippen MR) is 54.7 cm³/mol. The molecule has 0 fully saturated rings. The molecule has 0 aromatic rings. The molecule has 2 amide bonds. The number of hydrogen-bond acceptors (Lipinski definition) is 4. The maximum atomic E-state index is 11.2. The van der Waals surface area contributed by atoms with Gasteiger partial charge in [-0.15, -0.1) is 0 Å². The van der Waals surface area contributed by atoms with Crippen LogP contribution in [-0.4, -0.2) is 50.4 Å².